The second-order valence-corrected chi connectivity index (χ2v) is 7.85. The molecule has 0 bridgehead atoms. The van der Waals surface area contributed by atoms with E-state index in [2.05, 4.69) is 0 Å². The molecule has 1 amide bonds. The van der Waals surface area contributed by atoms with Crippen LogP contribution in [0, 0.1) is 15.9 Å². The lowest BCUT2D eigenvalue weighted by molar-refractivity contribution is -0.384. The first-order valence-electron chi connectivity index (χ1n) is 10.3. The third-order valence-electron chi connectivity index (χ3n) is 5.84. The summed E-state index contributed by atoms with van der Waals surface area (Å²) in [4.78, 5) is 39.2. The molecule has 0 saturated carbocycles. The van der Waals surface area contributed by atoms with E-state index in [1.54, 1.807) is 37.4 Å². The standard InChI is InChI=1S/C25H17FN2O6/c1-33-18-8-5-14(6-9-18)13-27-22(15-3-2-4-17(11-15)28(31)32)21-23(29)19-12-16(26)7-10-20(19)34-24(21)25(27)30/h2-12,22H,13H2,1H3/t22-/m1/s1. The SMILES string of the molecule is COc1ccc(CN2C(=O)c3oc4ccc(F)cc4c(=O)c3[C@H]2c2cccc([N+](=O)[O-])c2)cc1. The highest BCUT2D eigenvalue weighted by atomic mass is 19.1. The largest absolute Gasteiger partial charge is 0.497 e. The van der Waals surface area contributed by atoms with Gasteiger partial charge in [-0.15, -0.1) is 0 Å². The zero-order valence-electron chi connectivity index (χ0n) is 17.9. The zero-order chi connectivity index (χ0) is 24.0. The maximum atomic E-state index is 13.9. The lowest BCUT2D eigenvalue weighted by Gasteiger charge is -2.25. The number of amides is 1. The predicted octanol–water partition coefficient (Wildman–Crippen LogP) is 4.59. The molecule has 5 rings (SSSR count). The summed E-state index contributed by atoms with van der Waals surface area (Å²) in [5.74, 6) is -0.675. The van der Waals surface area contributed by atoms with Gasteiger partial charge in [0.2, 0.25) is 5.76 Å². The average molecular weight is 460 g/mol. The molecule has 34 heavy (non-hydrogen) atoms. The molecule has 0 unspecified atom stereocenters. The van der Waals surface area contributed by atoms with Gasteiger partial charge < -0.3 is 14.1 Å². The number of carbonyl (C=O) groups is 1. The third kappa shape index (κ3) is 3.47. The van der Waals surface area contributed by atoms with Gasteiger partial charge in [0.25, 0.3) is 11.6 Å². The van der Waals surface area contributed by atoms with Crippen LogP contribution in [0.25, 0.3) is 11.0 Å². The van der Waals surface area contributed by atoms with Crippen LogP contribution in [0.3, 0.4) is 0 Å². The van der Waals surface area contributed by atoms with Gasteiger partial charge in [-0.05, 0) is 41.5 Å². The van der Waals surface area contributed by atoms with Gasteiger partial charge in [-0.3, -0.25) is 19.7 Å². The first-order chi connectivity index (χ1) is 16.4. The maximum absolute atomic E-state index is 13.9. The fourth-order valence-corrected chi connectivity index (χ4v) is 4.24. The summed E-state index contributed by atoms with van der Waals surface area (Å²) in [6.07, 6.45) is 0. The minimum Gasteiger partial charge on any atom is -0.497 e. The minimum absolute atomic E-state index is 0.00622. The highest BCUT2D eigenvalue weighted by Gasteiger charge is 2.43. The van der Waals surface area contributed by atoms with E-state index in [-0.39, 0.29) is 34.5 Å². The van der Waals surface area contributed by atoms with E-state index >= 15 is 0 Å². The molecule has 1 aromatic heterocycles. The van der Waals surface area contributed by atoms with Crippen molar-refractivity contribution in [2.75, 3.05) is 7.11 Å². The Kier molecular flexibility index (Phi) is 5.09. The Balaban J connectivity index is 1.71. The van der Waals surface area contributed by atoms with Crippen LogP contribution >= 0.6 is 0 Å². The van der Waals surface area contributed by atoms with Crippen molar-refractivity contribution in [1.29, 1.82) is 0 Å². The van der Waals surface area contributed by atoms with Gasteiger partial charge in [-0.1, -0.05) is 24.3 Å². The first kappa shape index (κ1) is 21.3. The molecule has 0 aliphatic carbocycles. The second-order valence-electron chi connectivity index (χ2n) is 7.85. The van der Waals surface area contributed by atoms with Crippen LogP contribution in [-0.2, 0) is 6.54 Å². The normalized spacial score (nSPS) is 14.9. The van der Waals surface area contributed by atoms with E-state index in [1.165, 1.54) is 29.2 Å². The monoisotopic (exact) mass is 460 g/mol. The number of fused-ring (bicyclic) bond motifs is 2. The number of non-ortho nitro benzene ring substituents is 1. The van der Waals surface area contributed by atoms with E-state index in [9.17, 15) is 24.1 Å². The smallest absolute Gasteiger partial charge is 0.291 e. The third-order valence-corrected chi connectivity index (χ3v) is 5.84. The fraction of sp³-hybridized carbons (Fsp3) is 0.120. The van der Waals surface area contributed by atoms with Gasteiger partial charge >= 0.3 is 0 Å². The van der Waals surface area contributed by atoms with Crippen LogP contribution in [-0.4, -0.2) is 22.8 Å². The Morgan fingerprint density at radius 2 is 1.85 bits per heavy atom. The van der Waals surface area contributed by atoms with E-state index in [0.717, 1.165) is 17.7 Å². The lowest BCUT2D eigenvalue weighted by Crippen LogP contribution is -2.29. The van der Waals surface area contributed by atoms with E-state index < -0.39 is 28.1 Å². The van der Waals surface area contributed by atoms with Crippen LogP contribution in [0.1, 0.15) is 33.3 Å². The van der Waals surface area contributed by atoms with Crippen LogP contribution in [0.2, 0.25) is 0 Å². The van der Waals surface area contributed by atoms with Crippen LogP contribution in [0.15, 0.2) is 75.9 Å². The average Bonchev–Trinajstić information content (AvgIpc) is 3.12. The van der Waals surface area contributed by atoms with Crippen molar-refractivity contribution < 1.29 is 23.3 Å². The number of halogens is 1. The quantitative estimate of drug-likeness (QED) is 0.319. The Hall–Kier alpha value is -4.53. The number of methoxy groups -OCH3 is 1. The molecular weight excluding hydrogens is 443 g/mol. The van der Waals surface area contributed by atoms with Crippen LogP contribution in [0.4, 0.5) is 10.1 Å². The maximum Gasteiger partial charge on any atom is 0.291 e. The highest BCUT2D eigenvalue weighted by molar-refractivity contribution is 5.99. The molecule has 9 heteroatoms. The Bertz CT molecular complexity index is 1510. The Morgan fingerprint density at radius 3 is 2.56 bits per heavy atom. The van der Waals surface area contributed by atoms with E-state index in [0.29, 0.717) is 11.3 Å². The molecule has 1 aliphatic rings. The number of rotatable bonds is 5. The van der Waals surface area contributed by atoms with Gasteiger partial charge in [-0.25, -0.2) is 4.39 Å². The lowest BCUT2D eigenvalue weighted by atomic mass is 9.98. The number of hydrogen-bond acceptors (Lipinski definition) is 6. The van der Waals surface area contributed by atoms with Gasteiger partial charge in [0.15, 0.2) is 5.43 Å². The fourth-order valence-electron chi connectivity index (χ4n) is 4.24. The van der Waals surface area contributed by atoms with Crippen molar-refractivity contribution in [2.45, 2.75) is 12.6 Å². The number of nitro benzene ring substituents is 1. The molecule has 170 valence electrons. The molecule has 4 aromatic rings. The predicted molar refractivity (Wildman–Crippen MR) is 120 cm³/mol. The zero-order valence-corrected chi connectivity index (χ0v) is 17.9. The molecule has 0 spiro atoms. The molecule has 1 aliphatic heterocycles. The number of carbonyl (C=O) groups excluding carboxylic acids is 1. The highest BCUT2D eigenvalue weighted by Crippen LogP contribution is 2.40. The summed E-state index contributed by atoms with van der Waals surface area (Å²) in [5.41, 5.74) is 0.495. The van der Waals surface area contributed by atoms with Crippen LogP contribution < -0.4 is 10.2 Å². The number of nitrogens with zero attached hydrogens (tertiary/aromatic N) is 2. The Morgan fingerprint density at radius 1 is 1.09 bits per heavy atom. The van der Waals surface area contributed by atoms with Gasteiger partial charge in [0, 0.05) is 18.7 Å². The summed E-state index contributed by atoms with van der Waals surface area (Å²) in [7, 11) is 1.54. The number of nitro groups is 1. The summed E-state index contributed by atoms with van der Waals surface area (Å²) in [6.45, 7) is 0.102. The summed E-state index contributed by atoms with van der Waals surface area (Å²) in [6, 6.07) is 15.3. The topological polar surface area (TPSA) is 103 Å². The first-order valence-corrected chi connectivity index (χ1v) is 10.3. The van der Waals surface area contributed by atoms with E-state index in [1.807, 2.05) is 0 Å². The molecular formula is C25H17FN2O6. The van der Waals surface area contributed by atoms with Crippen molar-refractivity contribution in [3.05, 3.63) is 115 Å². The van der Waals surface area contributed by atoms with Crippen LogP contribution in [0.5, 0.6) is 5.75 Å². The van der Waals surface area contributed by atoms with E-state index in [4.69, 9.17) is 9.15 Å². The molecule has 3 aromatic carbocycles. The molecule has 2 heterocycles. The van der Waals surface area contributed by atoms with Crippen molar-refractivity contribution >= 4 is 22.6 Å². The summed E-state index contributed by atoms with van der Waals surface area (Å²) >= 11 is 0. The van der Waals surface area contributed by atoms with Gasteiger partial charge in [-0.2, -0.15) is 0 Å². The summed E-state index contributed by atoms with van der Waals surface area (Å²) in [5, 5.41) is 11.4. The molecule has 0 radical (unpaired) electrons. The number of hydrogen-bond donors (Lipinski definition) is 0. The molecule has 1 atom stereocenters. The van der Waals surface area contributed by atoms with Crippen molar-refractivity contribution in [3.63, 3.8) is 0 Å². The molecule has 0 saturated heterocycles. The van der Waals surface area contributed by atoms with Crippen molar-refractivity contribution in [1.82, 2.24) is 4.90 Å². The Labute approximate surface area is 192 Å². The number of ether oxygens (including phenoxy) is 1. The van der Waals surface area contributed by atoms with Crippen molar-refractivity contribution in [2.24, 2.45) is 0 Å². The summed E-state index contributed by atoms with van der Waals surface area (Å²) < 4.78 is 24.8. The van der Waals surface area contributed by atoms with Crippen molar-refractivity contribution in [3.8, 4) is 5.75 Å². The molecule has 8 nitrogen and oxygen atoms in total. The second kappa shape index (κ2) is 8.11. The molecule has 0 N–H and O–H groups in total. The van der Waals surface area contributed by atoms with Gasteiger partial charge in [0.05, 0.1) is 29.0 Å². The number of benzene rings is 3. The molecule has 0 fully saturated rings. The van der Waals surface area contributed by atoms with Gasteiger partial charge in [0.1, 0.15) is 17.1 Å². The minimum atomic E-state index is -0.951.